The van der Waals surface area contributed by atoms with Gasteiger partial charge in [0.2, 0.25) is 5.91 Å². The van der Waals surface area contributed by atoms with Crippen LogP contribution in [0.4, 0.5) is 0 Å². The molecular formula is C10H14N2O3. The molecule has 0 fully saturated rings. The van der Waals surface area contributed by atoms with Crippen LogP contribution in [0.15, 0.2) is 12.1 Å². The maximum atomic E-state index is 11.5. The zero-order valence-electron chi connectivity index (χ0n) is 8.56. The lowest BCUT2D eigenvalue weighted by Gasteiger charge is -2.07. The number of hydrogen-bond donors (Lipinski definition) is 2. The van der Waals surface area contributed by atoms with Crippen molar-refractivity contribution in [1.29, 1.82) is 0 Å². The number of carboxylic acid groups (broad SMARTS) is 1. The summed E-state index contributed by atoms with van der Waals surface area (Å²) < 4.78 is 1.48. The van der Waals surface area contributed by atoms with Crippen molar-refractivity contribution in [3.63, 3.8) is 0 Å². The van der Waals surface area contributed by atoms with Crippen molar-refractivity contribution < 1.29 is 14.7 Å². The van der Waals surface area contributed by atoms with Gasteiger partial charge in [-0.15, -0.1) is 0 Å². The van der Waals surface area contributed by atoms with Crippen molar-refractivity contribution in [1.82, 2.24) is 4.57 Å². The highest BCUT2D eigenvalue weighted by Crippen LogP contribution is 2.10. The van der Waals surface area contributed by atoms with Crippen LogP contribution in [0.25, 0.3) is 0 Å². The number of carbonyl (C=O) groups excluding carboxylic acids is 1. The van der Waals surface area contributed by atoms with E-state index in [2.05, 4.69) is 0 Å². The van der Waals surface area contributed by atoms with Crippen LogP contribution >= 0.6 is 0 Å². The first kappa shape index (κ1) is 11.5. The highest BCUT2D eigenvalue weighted by atomic mass is 16.4. The quantitative estimate of drug-likeness (QED) is 0.753. The van der Waals surface area contributed by atoms with Gasteiger partial charge in [0.15, 0.2) is 0 Å². The van der Waals surface area contributed by atoms with Gasteiger partial charge >= 0.3 is 5.97 Å². The van der Waals surface area contributed by atoms with Crippen LogP contribution in [-0.4, -0.2) is 28.1 Å². The second-order valence-corrected chi connectivity index (χ2v) is 3.29. The number of aryl methyl sites for hydroxylation is 2. The molecule has 0 aliphatic carbocycles. The van der Waals surface area contributed by atoms with Gasteiger partial charge in [0.1, 0.15) is 0 Å². The number of hydrogen-bond acceptors (Lipinski definition) is 3. The number of aliphatic carboxylic acids is 1. The standard InChI is InChI=1S/C10H14N2O3/c1-7-2-3-8(4-5-10(14)15)12(7)9(13)6-11/h2-3H,4-6,11H2,1H3,(H,14,15). The first-order chi connectivity index (χ1) is 7.06. The fourth-order valence-electron chi connectivity index (χ4n) is 1.47. The summed E-state index contributed by atoms with van der Waals surface area (Å²) in [6, 6.07) is 3.54. The molecule has 82 valence electrons. The van der Waals surface area contributed by atoms with Crippen molar-refractivity contribution in [2.75, 3.05) is 6.54 Å². The van der Waals surface area contributed by atoms with Gasteiger partial charge in [0.25, 0.3) is 0 Å². The van der Waals surface area contributed by atoms with Crippen molar-refractivity contribution in [2.24, 2.45) is 5.73 Å². The molecule has 0 unspecified atom stereocenters. The highest BCUT2D eigenvalue weighted by Gasteiger charge is 2.11. The van der Waals surface area contributed by atoms with Gasteiger partial charge in [-0.05, 0) is 25.5 Å². The van der Waals surface area contributed by atoms with Crippen molar-refractivity contribution in [3.8, 4) is 0 Å². The van der Waals surface area contributed by atoms with E-state index in [-0.39, 0.29) is 18.9 Å². The second-order valence-electron chi connectivity index (χ2n) is 3.29. The minimum Gasteiger partial charge on any atom is -0.481 e. The monoisotopic (exact) mass is 210 g/mol. The molecule has 0 bridgehead atoms. The Bertz CT molecular complexity index is 382. The molecule has 0 amide bonds. The summed E-state index contributed by atoms with van der Waals surface area (Å²) >= 11 is 0. The molecule has 0 saturated heterocycles. The molecule has 5 nitrogen and oxygen atoms in total. The molecular weight excluding hydrogens is 196 g/mol. The molecule has 15 heavy (non-hydrogen) atoms. The first-order valence-corrected chi connectivity index (χ1v) is 4.68. The third-order valence-corrected chi connectivity index (χ3v) is 2.18. The molecule has 0 radical (unpaired) electrons. The van der Waals surface area contributed by atoms with Crippen LogP contribution in [0.3, 0.4) is 0 Å². The lowest BCUT2D eigenvalue weighted by atomic mass is 10.2. The number of carbonyl (C=O) groups is 2. The molecule has 1 aromatic heterocycles. The molecule has 0 atom stereocenters. The predicted molar refractivity (Wildman–Crippen MR) is 54.8 cm³/mol. The summed E-state index contributed by atoms with van der Waals surface area (Å²) in [5.74, 6) is -1.08. The summed E-state index contributed by atoms with van der Waals surface area (Å²) in [5, 5.41) is 8.55. The van der Waals surface area contributed by atoms with Gasteiger partial charge in [0.05, 0.1) is 13.0 Å². The van der Waals surface area contributed by atoms with Gasteiger partial charge in [-0.2, -0.15) is 0 Å². The van der Waals surface area contributed by atoms with E-state index in [4.69, 9.17) is 10.8 Å². The molecule has 0 aliphatic heterocycles. The van der Waals surface area contributed by atoms with E-state index in [0.29, 0.717) is 12.1 Å². The van der Waals surface area contributed by atoms with Crippen LogP contribution in [0.1, 0.15) is 22.6 Å². The van der Waals surface area contributed by atoms with E-state index >= 15 is 0 Å². The minimum absolute atomic E-state index is 0.0152. The lowest BCUT2D eigenvalue weighted by Crippen LogP contribution is -2.24. The van der Waals surface area contributed by atoms with Crippen molar-refractivity contribution in [2.45, 2.75) is 19.8 Å². The molecule has 0 aliphatic rings. The molecule has 5 heteroatoms. The van der Waals surface area contributed by atoms with Crippen molar-refractivity contribution in [3.05, 3.63) is 23.5 Å². The predicted octanol–water partition coefficient (Wildman–Crippen LogP) is 0.413. The maximum absolute atomic E-state index is 11.5. The Morgan fingerprint density at radius 3 is 2.67 bits per heavy atom. The summed E-state index contributed by atoms with van der Waals surface area (Å²) in [6.45, 7) is 1.72. The minimum atomic E-state index is -0.874. The molecule has 0 aromatic carbocycles. The Balaban J connectivity index is 2.88. The Hall–Kier alpha value is -1.62. The van der Waals surface area contributed by atoms with Crippen molar-refractivity contribution >= 4 is 11.9 Å². The Kier molecular flexibility index (Phi) is 3.62. The number of carboxylic acids is 1. The van der Waals surface area contributed by atoms with Crippen LogP contribution in [0.2, 0.25) is 0 Å². The summed E-state index contributed by atoms with van der Waals surface area (Å²) in [5.41, 5.74) is 6.75. The van der Waals surface area contributed by atoms with E-state index < -0.39 is 5.97 Å². The summed E-state index contributed by atoms with van der Waals surface area (Å²) in [4.78, 5) is 21.9. The topological polar surface area (TPSA) is 85.3 Å². The summed E-state index contributed by atoms with van der Waals surface area (Å²) in [6.07, 6.45) is 0.357. The molecule has 0 spiro atoms. The Morgan fingerprint density at radius 2 is 2.13 bits per heavy atom. The van der Waals surface area contributed by atoms with Crippen LogP contribution in [-0.2, 0) is 11.2 Å². The number of nitrogens with zero attached hydrogens (tertiary/aromatic N) is 1. The molecule has 3 N–H and O–H groups in total. The normalized spacial score (nSPS) is 10.3. The average molecular weight is 210 g/mol. The zero-order valence-corrected chi connectivity index (χ0v) is 8.56. The third kappa shape index (κ3) is 2.66. The lowest BCUT2D eigenvalue weighted by molar-refractivity contribution is -0.137. The molecule has 1 heterocycles. The molecule has 1 aromatic rings. The summed E-state index contributed by atoms with van der Waals surface area (Å²) in [7, 11) is 0. The van der Waals surface area contributed by atoms with Gasteiger partial charge in [-0.3, -0.25) is 14.2 Å². The molecule has 1 rings (SSSR count). The molecule has 0 saturated carbocycles. The van der Waals surface area contributed by atoms with E-state index in [1.807, 2.05) is 0 Å². The second kappa shape index (κ2) is 4.75. The smallest absolute Gasteiger partial charge is 0.303 e. The van der Waals surface area contributed by atoms with Gasteiger partial charge in [0, 0.05) is 11.4 Å². The van der Waals surface area contributed by atoms with E-state index in [9.17, 15) is 9.59 Å². The fourth-order valence-corrected chi connectivity index (χ4v) is 1.47. The number of aromatic nitrogens is 1. The Labute approximate surface area is 87.5 Å². The SMILES string of the molecule is Cc1ccc(CCC(=O)O)n1C(=O)CN. The van der Waals surface area contributed by atoms with E-state index in [1.54, 1.807) is 19.1 Å². The van der Waals surface area contributed by atoms with Gasteiger partial charge in [-0.25, -0.2) is 0 Å². The first-order valence-electron chi connectivity index (χ1n) is 4.68. The number of nitrogens with two attached hydrogens (primary N) is 1. The Morgan fingerprint density at radius 1 is 1.47 bits per heavy atom. The third-order valence-electron chi connectivity index (χ3n) is 2.18. The van der Waals surface area contributed by atoms with Gasteiger partial charge in [-0.1, -0.05) is 0 Å². The fraction of sp³-hybridized carbons (Fsp3) is 0.400. The average Bonchev–Trinajstić information content (AvgIpc) is 2.55. The maximum Gasteiger partial charge on any atom is 0.303 e. The highest BCUT2D eigenvalue weighted by molar-refractivity contribution is 5.82. The van der Waals surface area contributed by atoms with E-state index in [0.717, 1.165) is 5.69 Å². The largest absolute Gasteiger partial charge is 0.481 e. The zero-order chi connectivity index (χ0) is 11.4. The van der Waals surface area contributed by atoms with Crippen LogP contribution in [0, 0.1) is 6.92 Å². The van der Waals surface area contributed by atoms with Gasteiger partial charge < -0.3 is 10.8 Å². The van der Waals surface area contributed by atoms with E-state index in [1.165, 1.54) is 4.57 Å². The van der Waals surface area contributed by atoms with Crippen LogP contribution in [0.5, 0.6) is 0 Å². The van der Waals surface area contributed by atoms with Crippen LogP contribution < -0.4 is 5.73 Å². The number of rotatable bonds is 4.